The molecule has 0 unspecified atom stereocenters. The molecule has 1 aliphatic rings. The highest BCUT2D eigenvalue weighted by Gasteiger charge is 2.36. The van der Waals surface area contributed by atoms with Crippen LogP contribution in [0.2, 0.25) is 0 Å². The van der Waals surface area contributed by atoms with E-state index in [1.807, 2.05) is 51.1 Å². The smallest absolute Gasteiger partial charge is 0.275 e. The molecule has 3 heterocycles. The molecule has 4 rings (SSSR count). The van der Waals surface area contributed by atoms with E-state index in [-0.39, 0.29) is 17.9 Å². The largest absolute Gasteiger partial charge is 0.341 e. The minimum Gasteiger partial charge on any atom is -0.341 e. The van der Waals surface area contributed by atoms with Gasteiger partial charge in [0.05, 0.1) is 0 Å². The molecule has 7 heteroatoms. The van der Waals surface area contributed by atoms with Crippen LogP contribution < -0.4 is 0 Å². The van der Waals surface area contributed by atoms with Gasteiger partial charge in [-0.2, -0.15) is 4.98 Å². The maximum Gasteiger partial charge on any atom is 0.275 e. The summed E-state index contributed by atoms with van der Waals surface area (Å²) in [5.41, 5.74) is 2.17. The van der Waals surface area contributed by atoms with Crippen molar-refractivity contribution in [2.75, 3.05) is 6.54 Å². The Balaban J connectivity index is 1.61. The first-order valence-corrected chi connectivity index (χ1v) is 9.31. The fourth-order valence-electron chi connectivity index (χ4n) is 3.42. The lowest BCUT2D eigenvalue weighted by atomic mass is 10.2. The Morgan fingerprint density at radius 3 is 2.74 bits per heavy atom. The Labute approximate surface area is 157 Å². The van der Waals surface area contributed by atoms with Crippen LogP contribution in [-0.4, -0.2) is 37.5 Å². The second-order valence-electron chi connectivity index (χ2n) is 7.23. The molecule has 27 heavy (non-hydrogen) atoms. The average Bonchev–Trinajstić information content (AvgIpc) is 3.40. The first-order valence-electron chi connectivity index (χ1n) is 9.31. The van der Waals surface area contributed by atoms with E-state index in [4.69, 9.17) is 4.52 Å². The van der Waals surface area contributed by atoms with Crippen LogP contribution in [0.5, 0.6) is 0 Å². The van der Waals surface area contributed by atoms with E-state index in [0.29, 0.717) is 29.8 Å². The van der Waals surface area contributed by atoms with Crippen molar-refractivity contribution >= 4 is 5.91 Å². The summed E-state index contributed by atoms with van der Waals surface area (Å²) >= 11 is 0. The second kappa shape index (κ2) is 6.98. The number of rotatable bonds is 4. The fraction of sp³-hybridized carbons (Fsp3) is 0.400. The molecule has 0 aliphatic carbocycles. The van der Waals surface area contributed by atoms with Crippen molar-refractivity contribution in [3.8, 4) is 11.4 Å². The highest BCUT2D eigenvalue weighted by atomic mass is 16.5. The number of aromatic nitrogens is 4. The van der Waals surface area contributed by atoms with Gasteiger partial charge in [-0.1, -0.05) is 49.3 Å². The number of aromatic amines is 1. The number of hydrogen-bond acceptors (Lipinski definition) is 5. The molecular weight excluding hydrogens is 342 g/mol. The van der Waals surface area contributed by atoms with Crippen LogP contribution in [0.15, 0.2) is 34.9 Å². The molecule has 1 aliphatic heterocycles. The standard InChI is InChI=1S/C20H23N5O2/c1-12(2)17-23-19(27-24-17)15-10-7-11-25(15)20(26)16-13(3)21-18(22-16)14-8-5-4-6-9-14/h4-6,8-9,12,15H,7,10-11H2,1-3H3,(H,21,22)/t15-/m0/s1. The molecule has 0 radical (unpaired) electrons. The number of carbonyl (C=O) groups excluding carboxylic acids is 1. The minimum absolute atomic E-state index is 0.0993. The molecular formula is C20H23N5O2. The van der Waals surface area contributed by atoms with Gasteiger partial charge in [-0.05, 0) is 19.8 Å². The number of likely N-dealkylation sites (tertiary alicyclic amines) is 1. The van der Waals surface area contributed by atoms with Crippen LogP contribution in [0.25, 0.3) is 11.4 Å². The molecule has 3 aromatic rings. The second-order valence-corrected chi connectivity index (χ2v) is 7.23. The maximum absolute atomic E-state index is 13.2. The van der Waals surface area contributed by atoms with E-state index in [9.17, 15) is 4.79 Å². The lowest BCUT2D eigenvalue weighted by Gasteiger charge is -2.21. The third kappa shape index (κ3) is 3.25. The number of nitrogens with zero attached hydrogens (tertiary/aromatic N) is 4. The lowest BCUT2D eigenvalue weighted by molar-refractivity contribution is 0.0704. The number of amides is 1. The quantitative estimate of drug-likeness (QED) is 0.758. The molecule has 1 saturated heterocycles. The Morgan fingerprint density at radius 1 is 1.26 bits per heavy atom. The highest BCUT2D eigenvalue weighted by Crippen LogP contribution is 2.33. The normalized spacial score (nSPS) is 17.0. The number of nitrogens with one attached hydrogen (secondary N) is 1. The summed E-state index contributed by atoms with van der Waals surface area (Å²) in [4.78, 5) is 27.3. The third-order valence-electron chi connectivity index (χ3n) is 4.91. The predicted molar refractivity (Wildman–Crippen MR) is 100 cm³/mol. The molecule has 0 bridgehead atoms. The molecule has 1 aromatic carbocycles. The van der Waals surface area contributed by atoms with Crippen molar-refractivity contribution in [1.82, 2.24) is 25.0 Å². The molecule has 1 fully saturated rings. The summed E-state index contributed by atoms with van der Waals surface area (Å²) in [6.45, 7) is 6.58. The van der Waals surface area contributed by atoms with Gasteiger partial charge in [0, 0.05) is 23.7 Å². The Bertz CT molecular complexity index is 944. The van der Waals surface area contributed by atoms with Crippen molar-refractivity contribution in [3.05, 3.63) is 53.4 Å². The van der Waals surface area contributed by atoms with Crippen LogP contribution in [0.1, 0.15) is 66.5 Å². The third-order valence-corrected chi connectivity index (χ3v) is 4.91. The first-order chi connectivity index (χ1) is 13.0. The number of imidazole rings is 1. The Kier molecular flexibility index (Phi) is 4.51. The number of benzene rings is 1. The molecule has 0 spiro atoms. The van der Waals surface area contributed by atoms with Gasteiger partial charge >= 0.3 is 0 Å². The van der Waals surface area contributed by atoms with Crippen LogP contribution in [0.4, 0.5) is 0 Å². The van der Waals surface area contributed by atoms with Gasteiger partial charge in [0.2, 0.25) is 5.89 Å². The summed E-state index contributed by atoms with van der Waals surface area (Å²) < 4.78 is 5.45. The molecule has 1 amide bonds. The van der Waals surface area contributed by atoms with Crippen molar-refractivity contribution in [1.29, 1.82) is 0 Å². The van der Waals surface area contributed by atoms with Crippen LogP contribution in [-0.2, 0) is 0 Å². The summed E-state index contributed by atoms with van der Waals surface area (Å²) in [5, 5.41) is 4.04. The molecule has 7 nitrogen and oxygen atoms in total. The van der Waals surface area contributed by atoms with Crippen LogP contribution in [0.3, 0.4) is 0 Å². The molecule has 1 atom stereocenters. The monoisotopic (exact) mass is 365 g/mol. The van der Waals surface area contributed by atoms with Gasteiger partial charge in [-0.25, -0.2) is 4.98 Å². The van der Waals surface area contributed by atoms with Crippen molar-refractivity contribution in [3.63, 3.8) is 0 Å². The van der Waals surface area contributed by atoms with Gasteiger partial charge < -0.3 is 14.4 Å². The summed E-state index contributed by atoms with van der Waals surface area (Å²) in [5.74, 6) is 1.98. The van der Waals surface area contributed by atoms with Crippen molar-refractivity contribution < 1.29 is 9.32 Å². The van der Waals surface area contributed by atoms with Crippen molar-refractivity contribution in [2.24, 2.45) is 0 Å². The topological polar surface area (TPSA) is 87.9 Å². The van der Waals surface area contributed by atoms with Crippen LogP contribution in [0, 0.1) is 6.92 Å². The molecule has 0 saturated carbocycles. The van der Waals surface area contributed by atoms with E-state index < -0.39 is 0 Å². The zero-order valence-electron chi connectivity index (χ0n) is 15.8. The Hall–Kier alpha value is -2.96. The zero-order chi connectivity index (χ0) is 19.0. The van der Waals surface area contributed by atoms with Crippen LogP contribution >= 0.6 is 0 Å². The van der Waals surface area contributed by atoms with Gasteiger partial charge in [0.15, 0.2) is 5.82 Å². The fourth-order valence-corrected chi connectivity index (χ4v) is 3.42. The number of carbonyl (C=O) groups is 1. The Morgan fingerprint density at radius 2 is 2.04 bits per heavy atom. The minimum atomic E-state index is -0.186. The number of hydrogen-bond donors (Lipinski definition) is 1. The van der Waals surface area contributed by atoms with E-state index in [1.165, 1.54) is 0 Å². The van der Waals surface area contributed by atoms with Gasteiger partial charge in [-0.15, -0.1) is 0 Å². The van der Waals surface area contributed by atoms with Gasteiger partial charge in [-0.3, -0.25) is 4.79 Å². The maximum atomic E-state index is 13.2. The predicted octanol–water partition coefficient (Wildman–Crippen LogP) is 3.87. The average molecular weight is 365 g/mol. The summed E-state index contributed by atoms with van der Waals surface area (Å²) in [7, 11) is 0. The molecule has 1 N–H and O–H groups in total. The van der Waals surface area contributed by atoms with E-state index in [1.54, 1.807) is 4.90 Å². The highest BCUT2D eigenvalue weighted by molar-refractivity contribution is 5.94. The van der Waals surface area contributed by atoms with E-state index >= 15 is 0 Å². The summed E-state index contributed by atoms with van der Waals surface area (Å²) in [6, 6.07) is 9.61. The van der Waals surface area contributed by atoms with Crippen molar-refractivity contribution in [2.45, 2.75) is 45.6 Å². The number of H-pyrrole nitrogens is 1. The van der Waals surface area contributed by atoms with E-state index in [2.05, 4.69) is 20.1 Å². The van der Waals surface area contributed by atoms with Gasteiger partial charge in [0.25, 0.3) is 5.91 Å². The zero-order valence-corrected chi connectivity index (χ0v) is 15.8. The molecule has 2 aromatic heterocycles. The molecule has 140 valence electrons. The van der Waals surface area contributed by atoms with E-state index in [0.717, 1.165) is 24.1 Å². The van der Waals surface area contributed by atoms with Gasteiger partial charge in [0.1, 0.15) is 17.6 Å². The lowest BCUT2D eigenvalue weighted by Crippen LogP contribution is -2.31. The first kappa shape index (κ1) is 17.5. The summed E-state index contributed by atoms with van der Waals surface area (Å²) in [6.07, 6.45) is 1.73. The number of aryl methyl sites for hydroxylation is 1. The SMILES string of the molecule is Cc1[nH]c(-c2ccccc2)nc1C(=O)N1CCC[C@H]1c1nc(C(C)C)no1.